The number of carbonyl (C=O) groups excluding carboxylic acids is 1. The fourth-order valence-corrected chi connectivity index (χ4v) is 3.78. The molecule has 2 fully saturated rings. The van der Waals surface area contributed by atoms with Gasteiger partial charge in [-0.2, -0.15) is 0 Å². The molecule has 0 aromatic heterocycles. The highest BCUT2D eigenvalue weighted by molar-refractivity contribution is 5.85. The van der Waals surface area contributed by atoms with Crippen LogP contribution in [0.1, 0.15) is 39.5 Å². The molecule has 5 unspecified atom stereocenters. The Labute approximate surface area is 117 Å². The Kier molecular flexibility index (Phi) is 5.93. The molecule has 1 amide bonds. The Morgan fingerprint density at radius 2 is 2.00 bits per heavy atom. The molecule has 0 radical (unpaired) electrons. The molecule has 0 spiro atoms. The van der Waals surface area contributed by atoms with Crippen molar-refractivity contribution >= 4 is 18.3 Å². The summed E-state index contributed by atoms with van der Waals surface area (Å²) in [5.41, 5.74) is 0. The maximum atomic E-state index is 12.0. The van der Waals surface area contributed by atoms with Crippen LogP contribution in [0.5, 0.6) is 0 Å². The first-order valence-electron chi connectivity index (χ1n) is 7.06. The Bertz CT molecular complexity index is 285. The maximum absolute atomic E-state index is 12.0. The van der Waals surface area contributed by atoms with Gasteiger partial charge in [-0.1, -0.05) is 13.3 Å². The summed E-state index contributed by atoms with van der Waals surface area (Å²) in [5.74, 6) is 2.85. The minimum Gasteiger partial charge on any atom is -0.353 e. The topological polar surface area (TPSA) is 41.1 Å². The molecule has 4 heteroatoms. The van der Waals surface area contributed by atoms with Crippen LogP contribution in [0.3, 0.4) is 0 Å². The summed E-state index contributed by atoms with van der Waals surface area (Å²) < 4.78 is 0. The van der Waals surface area contributed by atoms with E-state index in [4.69, 9.17) is 0 Å². The van der Waals surface area contributed by atoms with Gasteiger partial charge in [0.25, 0.3) is 0 Å². The Hall–Kier alpha value is -0.280. The van der Waals surface area contributed by atoms with Gasteiger partial charge in [0.15, 0.2) is 0 Å². The van der Waals surface area contributed by atoms with Crippen LogP contribution in [0.4, 0.5) is 0 Å². The van der Waals surface area contributed by atoms with Crippen molar-refractivity contribution < 1.29 is 4.79 Å². The van der Waals surface area contributed by atoms with Crippen molar-refractivity contribution in [2.75, 3.05) is 13.6 Å². The van der Waals surface area contributed by atoms with Gasteiger partial charge in [0.05, 0.1) is 0 Å². The van der Waals surface area contributed by atoms with E-state index in [1.165, 1.54) is 25.7 Å². The lowest BCUT2D eigenvalue weighted by molar-refractivity contribution is -0.125. The van der Waals surface area contributed by atoms with Gasteiger partial charge in [-0.15, -0.1) is 12.4 Å². The van der Waals surface area contributed by atoms with Gasteiger partial charge in [-0.3, -0.25) is 4.79 Å². The van der Waals surface area contributed by atoms with E-state index in [1.807, 2.05) is 14.0 Å². The molecule has 2 aliphatic carbocycles. The molecular formula is C14H27ClN2O. The molecule has 2 bridgehead atoms. The zero-order chi connectivity index (χ0) is 12.4. The van der Waals surface area contributed by atoms with Crippen molar-refractivity contribution in [2.24, 2.45) is 23.7 Å². The molecule has 0 aromatic carbocycles. The van der Waals surface area contributed by atoms with E-state index < -0.39 is 0 Å². The largest absolute Gasteiger partial charge is 0.353 e. The Balaban J connectivity index is 0.00000162. The second kappa shape index (κ2) is 6.76. The van der Waals surface area contributed by atoms with Crippen LogP contribution in [0.2, 0.25) is 0 Å². The zero-order valence-corrected chi connectivity index (χ0v) is 12.6. The number of halogens is 1. The van der Waals surface area contributed by atoms with Gasteiger partial charge < -0.3 is 10.6 Å². The van der Waals surface area contributed by atoms with Crippen molar-refractivity contribution in [3.05, 3.63) is 0 Å². The van der Waals surface area contributed by atoms with Gasteiger partial charge in [0.2, 0.25) is 5.91 Å². The number of fused-ring (bicyclic) bond motifs is 2. The number of carbonyl (C=O) groups is 1. The van der Waals surface area contributed by atoms with Gasteiger partial charge in [0, 0.05) is 18.5 Å². The van der Waals surface area contributed by atoms with Crippen LogP contribution in [0.15, 0.2) is 0 Å². The molecule has 2 saturated carbocycles. The minimum absolute atomic E-state index is 0. The molecule has 0 saturated heterocycles. The second-order valence-corrected chi connectivity index (χ2v) is 6.09. The van der Waals surface area contributed by atoms with E-state index in [0.29, 0.717) is 6.04 Å². The molecule has 0 aliphatic heterocycles. The van der Waals surface area contributed by atoms with E-state index in [-0.39, 0.29) is 24.2 Å². The van der Waals surface area contributed by atoms with Gasteiger partial charge in [-0.05, 0) is 51.0 Å². The van der Waals surface area contributed by atoms with Crippen molar-refractivity contribution in [2.45, 2.75) is 45.6 Å². The Morgan fingerprint density at radius 3 is 2.50 bits per heavy atom. The fourth-order valence-electron chi connectivity index (χ4n) is 3.78. The number of hydrogen-bond acceptors (Lipinski definition) is 2. The summed E-state index contributed by atoms with van der Waals surface area (Å²) in [6.07, 6.45) is 5.57. The average Bonchev–Trinajstić information content (AvgIpc) is 2.90. The molecule has 0 heterocycles. The van der Waals surface area contributed by atoms with Crippen LogP contribution < -0.4 is 10.6 Å². The third kappa shape index (κ3) is 3.39. The average molecular weight is 275 g/mol. The normalized spacial score (nSPS) is 32.7. The highest BCUT2D eigenvalue weighted by Crippen LogP contribution is 2.49. The standard InChI is InChI=1S/C14H26N2O.ClH/c1-9(8-15-3)14(17)16-10(2)13-7-11-4-5-12(13)6-11;/h9-13,15H,4-8H2,1-3H3,(H,16,17);1H. The molecule has 18 heavy (non-hydrogen) atoms. The van der Waals surface area contributed by atoms with Crippen LogP contribution >= 0.6 is 12.4 Å². The van der Waals surface area contributed by atoms with E-state index in [1.54, 1.807) is 0 Å². The van der Waals surface area contributed by atoms with Crippen LogP contribution in [0.25, 0.3) is 0 Å². The SMILES string of the molecule is CNCC(C)C(=O)NC(C)C1CC2CCC1C2.Cl. The fraction of sp³-hybridized carbons (Fsp3) is 0.929. The van der Waals surface area contributed by atoms with Crippen molar-refractivity contribution in [1.29, 1.82) is 0 Å². The Morgan fingerprint density at radius 1 is 1.28 bits per heavy atom. The van der Waals surface area contributed by atoms with Gasteiger partial charge in [0.1, 0.15) is 0 Å². The smallest absolute Gasteiger partial charge is 0.224 e. The van der Waals surface area contributed by atoms with E-state index in [2.05, 4.69) is 17.6 Å². The molecule has 5 atom stereocenters. The summed E-state index contributed by atoms with van der Waals surface area (Å²) in [6.45, 7) is 4.93. The quantitative estimate of drug-likeness (QED) is 0.807. The summed E-state index contributed by atoms with van der Waals surface area (Å²) in [5, 5.41) is 6.27. The highest BCUT2D eigenvalue weighted by atomic mass is 35.5. The molecule has 2 rings (SSSR count). The monoisotopic (exact) mass is 274 g/mol. The van der Waals surface area contributed by atoms with Crippen LogP contribution in [0, 0.1) is 23.7 Å². The molecule has 0 aromatic rings. The minimum atomic E-state index is 0. The van der Waals surface area contributed by atoms with Gasteiger partial charge >= 0.3 is 0 Å². The first kappa shape index (κ1) is 15.8. The first-order chi connectivity index (χ1) is 8.11. The summed E-state index contributed by atoms with van der Waals surface area (Å²) >= 11 is 0. The van der Waals surface area contributed by atoms with E-state index in [0.717, 1.165) is 24.3 Å². The van der Waals surface area contributed by atoms with Crippen LogP contribution in [-0.2, 0) is 4.79 Å². The summed E-state index contributed by atoms with van der Waals surface area (Å²) in [6, 6.07) is 0.358. The van der Waals surface area contributed by atoms with Crippen molar-refractivity contribution in [1.82, 2.24) is 10.6 Å². The van der Waals surface area contributed by atoms with Crippen molar-refractivity contribution in [3.63, 3.8) is 0 Å². The number of nitrogens with one attached hydrogen (secondary N) is 2. The van der Waals surface area contributed by atoms with E-state index >= 15 is 0 Å². The number of rotatable bonds is 5. The van der Waals surface area contributed by atoms with E-state index in [9.17, 15) is 4.79 Å². The summed E-state index contributed by atoms with van der Waals surface area (Å²) in [7, 11) is 1.89. The first-order valence-corrected chi connectivity index (χ1v) is 7.06. The molecule has 106 valence electrons. The molecule has 3 nitrogen and oxygen atoms in total. The maximum Gasteiger partial charge on any atom is 0.224 e. The third-order valence-corrected chi connectivity index (χ3v) is 4.76. The predicted molar refractivity (Wildman–Crippen MR) is 76.9 cm³/mol. The lowest BCUT2D eigenvalue weighted by Crippen LogP contribution is -2.44. The summed E-state index contributed by atoms with van der Waals surface area (Å²) in [4.78, 5) is 12.0. The van der Waals surface area contributed by atoms with Gasteiger partial charge in [-0.25, -0.2) is 0 Å². The highest BCUT2D eigenvalue weighted by Gasteiger charge is 2.42. The molecular weight excluding hydrogens is 248 g/mol. The second-order valence-electron chi connectivity index (χ2n) is 6.09. The third-order valence-electron chi connectivity index (χ3n) is 4.76. The predicted octanol–water partition coefficient (Wildman–Crippen LogP) is 2.20. The van der Waals surface area contributed by atoms with Crippen LogP contribution in [-0.4, -0.2) is 25.5 Å². The number of hydrogen-bond donors (Lipinski definition) is 2. The lowest BCUT2D eigenvalue weighted by atomic mass is 9.84. The molecule has 2 N–H and O–H groups in total. The van der Waals surface area contributed by atoms with Crippen molar-refractivity contribution in [3.8, 4) is 0 Å². The lowest BCUT2D eigenvalue weighted by Gasteiger charge is -2.29. The zero-order valence-electron chi connectivity index (χ0n) is 11.7. The number of amides is 1. The molecule has 2 aliphatic rings.